The summed E-state index contributed by atoms with van der Waals surface area (Å²) >= 11 is 1.59. The SMILES string of the molecule is CNc1ncc(S(=O)(=O)Nc2ccc(SC)cc2)cn1. The van der Waals surface area contributed by atoms with E-state index in [1.807, 2.05) is 18.4 Å². The van der Waals surface area contributed by atoms with E-state index in [0.29, 0.717) is 11.6 Å². The van der Waals surface area contributed by atoms with Crippen molar-refractivity contribution in [2.24, 2.45) is 0 Å². The number of thioether (sulfide) groups is 1. The van der Waals surface area contributed by atoms with Gasteiger partial charge in [0, 0.05) is 17.6 Å². The number of nitrogens with zero attached hydrogens (tertiary/aromatic N) is 2. The van der Waals surface area contributed by atoms with E-state index < -0.39 is 10.0 Å². The van der Waals surface area contributed by atoms with Crippen LogP contribution in [-0.4, -0.2) is 31.7 Å². The molecule has 0 amide bonds. The second-order valence-electron chi connectivity index (χ2n) is 3.83. The predicted molar refractivity (Wildman–Crippen MR) is 80.6 cm³/mol. The van der Waals surface area contributed by atoms with Crippen molar-refractivity contribution in [2.45, 2.75) is 9.79 Å². The summed E-state index contributed by atoms with van der Waals surface area (Å²) in [6.45, 7) is 0. The van der Waals surface area contributed by atoms with Crippen LogP contribution >= 0.6 is 11.8 Å². The fourth-order valence-corrected chi connectivity index (χ4v) is 2.81. The van der Waals surface area contributed by atoms with Crippen molar-refractivity contribution in [3.05, 3.63) is 36.7 Å². The molecule has 0 aliphatic rings. The monoisotopic (exact) mass is 310 g/mol. The molecule has 0 aliphatic heterocycles. The third-order valence-corrected chi connectivity index (χ3v) is 4.58. The molecule has 1 heterocycles. The molecule has 0 aliphatic carbocycles. The van der Waals surface area contributed by atoms with E-state index in [0.717, 1.165) is 4.90 Å². The number of sulfonamides is 1. The Morgan fingerprint density at radius 1 is 1.10 bits per heavy atom. The molecular weight excluding hydrogens is 296 g/mol. The van der Waals surface area contributed by atoms with Gasteiger partial charge in [-0.25, -0.2) is 18.4 Å². The van der Waals surface area contributed by atoms with Crippen LogP contribution in [0.1, 0.15) is 0 Å². The number of anilines is 2. The van der Waals surface area contributed by atoms with Gasteiger partial charge >= 0.3 is 0 Å². The van der Waals surface area contributed by atoms with Crippen LogP contribution in [-0.2, 0) is 10.0 Å². The van der Waals surface area contributed by atoms with Gasteiger partial charge in [-0.3, -0.25) is 4.72 Å². The molecule has 0 radical (unpaired) electrons. The third-order valence-electron chi connectivity index (χ3n) is 2.50. The van der Waals surface area contributed by atoms with Gasteiger partial charge in [-0.15, -0.1) is 11.8 Å². The number of nitrogens with one attached hydrogen (secondary N) is 2. The largest absolute Gasteiger partial charge is 0.357 e. The highest BCUT2D eigenvalue weighted by atomic mass is 32.2. The fourth-order valence-electron chi connectivity index (χ4n) is 1.46. The summed E-state index contributed by atoms with van der Waals surface area (Å²) < 4.78 is 26.8. The lowest BCUT2D eigenvalue weighted by Crippen LogP contribution is -2.14. The second kappa shape index (κ2) is 6.10. The summed E-state index contributed by atoms with van der Waals surface area (Å²) in [4.78, 5) is 8.86. The minimum absolute atomic E-state index is 0.0189. The predicted octanol–water partition coefficient (Wildman–Crippen LogP) is 2.04. The fraction of sp³-hybridized carbons (Fsp3) is 0.167. The Balaban J connectivity index is 2.20. The average Bonchev–Trinajstić information content (AvgIpc) is 2.48. The van der Waals surface area contributed by atoms with Crippen LogP contribution in [0.4, 0.5) is 11.6 Å². The number of benzene rings is 1. The van der Waals surface area contributed by atoms with Crippen molar-refractivity contribution in [1.82, 2.24) is 9.97 Å². The third kappa shape index (κ3) is 3.40. The molecule has 0 saturated carbocycles. The van der Waals surface area contributed by atoms with Crippen LogP contribution in [0, 0.1) is 0 Å². The molecule has 0 spiro atoms. The highest BCUT2D eigenvalue weighted by Gasteiger charge is 2.15. The molecule has 2 aromatic rings. The molecule has 20 heavy (non-hydrogen) atoms. The lowest BCUT2D eigenvalue weighted by molar-refractivity contribution is 0.600. The van der Waals surface area contributed by atoms with Crippen molar-refractivity contribution in [3.63, 3.8) is 0 Å². The maximum atomic E-state index is 12.1. The zero-order valence-corrected chi connectivity index (χ0v) is 12.6. The molecule has 6 nitrogen and oxygen atoms in total. The van der Waals surface area contributed by atoms with E-state index in [4.69, 9.17) is 0 Å². The first-order valence-electron chi connectivity index (χ1n) is 5.72. The number of rotatable bonds is 5. The molecule has 106 valence electrons. The van der Waals surface area contributed by atoms with Crippen LogP contribution < -0.4 is 10.0 Å². The maximum Gasteiger partial charge on any atom is 0.264 e. The van der Waals surface area contributed by atoms with E-state index in [1.165, 1.54) is 12.4 Å². The Hall–Kier alpha value is -1.80. The van der Waals surface area contributed by atoms with Gasteiger partial charge in [0.05, 0.1) is 12.4 Å². The summed E-state index contributed by atoms with van der Waals surface area (Å²) in [6, 6.07) is 7.13. The van der Waals surface area contributed by atoms with E-state index in [2.05, 4.69) is 20.0 Å². The Kier molecular flexibility index (Phi) is 4.46. The minimum Gasteiger partial charge on any atom is -0.357 e. The van der Waals surface area contributed by atoms with Crippen LogP contribution in [0.15, 0.2) is 46.5 Å². The van der Waals surface area contributed by atoms with Gasteiger partial charge in [-0.2, -0.15) is 0 Å². The normalized spacial score (nSPS) is 11.1. The van der Waals surface area contributed by atoms with Crippen molar-refractivity contribution >= 4 is 33.4 Å². The van der Waals surface area contributed by atoms with Crippen LogP contribution in [0.2, 0.25) is 0 Å². The number of hydrogen-bond acceptors (Lipinski definition) is 6. The van der Waals surface area contributed by atoms with Crippen LogP contribution in [0.5, 0.6) is 0 Å². The quantitative estimate of drug-likeness (QED) is 0.822. The van der Waals surface area contributed by atoms with Crippen molar-refractivity contribution in [3.8, 4) is 0 Å². The van der Waals surface area contributed by atoms with E-state index >= 15 is 0 Å². The molecule has 0 unspecified atom stereocenters. The van der Waals surface area contributed by atoms with Crippen molar-refractivity contribution in [1.29, 1.82) is 0 Å². The molecule has 1 aromatic heterocycles. The molecule has 0 saturated heterocycles. The summed E-state index contributed by atoms with van der Waals surface area (Å²) in [5.41, 5.74) is 0.500. The standard InChI is InChI=1S/C12H14N4O2S2/c1-13-12-14-7-11(8-15-12)20(17,18)16-9-3-5-10(19-2)6-4-9/h3-8,16H,1-2H3,(H,13,14,15). The van der Waals surface area contributed by atoms with E-state index in [-0.39, 0.29) is 4.90 Å². The van der Waals surface area contributed by atoms with Gasteiger partial charge < -0.3 is 5.32 Å². The van der Waals surface area contributed by atoms with Gasteiger partial charge in [0.25, 0.3) is 10.0 Å². The smallest absolute Gasteiger partial charge is 0.264 e. The van der Waals surface area contributed by atoms with E-state index in [9.17, 15) is 8.42 Å². The summed E-state index contributed by atoms with van der Waals surface area (Å²) in [5, 5.41) is 2.73. The lowest BCUT2D eigenvalue weighted by Gasteiger charge is -2.08. The topological polar surface area (TPSA) is 84.0 Å². The summed E-state index contributed by atoms with van der Waals surface area (Å²) in [6.07, 6.45) is 4.48. The van der Waals surface area contributed by atoms with Gasteiger partial charge in [-0.1, -0.05) is 0 Å². The molecule has 8 heteroatoms. The highest BCUT2D eigenvalue weighted by Crippen LogP contribution is 2.20. The van der Waals surface area contributed by atoms with Crippen molar-refractivity contribution in [2.75, 3.05) is 23.3 Å². The second-order valence-corrected chi connectivity index (χ2v) is 6.39. The van der Waals surface area contributed by atoms with Gasteiger partial charge in [-0.05, 0) is 30.5 Å². The summed E-state index contributed by atoms with van der Waals surface area (Å²) in [5.74, 6) is 0.369. The first-order chi connectivity index (χ1) is 9.55. The highest BCUT2D eigenvalue weighted by molar-refractivity contribution is 7.98. The number of hydrogen-bond donors (Lipinski definition) is 2. The van der Waals surface area contributed by atoms with Crippen LogP contribution in [0.25, 0.3) is 0 Å². The summed E-state index contributed by atoms with van der Waals surface area (Å²) in [7, 11) is -2.01. The first kappa shape index (κ1) is 14.6. The molecule has 0 bridgehead atoms. The van der Waals surface area contributed by atoms with Gasteiger partial charge in [0.1, 0.15) is 4.90 Å². The van der Waals surface area contributed by atoms with Gasteiger partial charge in [0.15, 0.2) is 0 Å². The van der Waals surface area contributed by atoms with E-state index in [1.54, 1.807) is 30.9 Å². The molecule has 0 fully saturated rings. The maximum absolute atomic E-state index is 12.1. The number of aromatic nitrogens is 2. The molecular formula is C12H14N4O2S2. The van der Waals surface area contributed by atoms with Crippen LogP contribution in [0.3, 0.4) is 0 Å². The molecule has 2 rings (SSSR count). The Bertz CT molecular complexity index is 670. The lowest BCUT2D eigenvalue weighted by atomic mass is 10.3. The molecule has 2 N–H and O–H groups in total. The zero-order chi connectivity index (χ0) is 14.6. The molecule has 0 atom stereocenters. The van der Waals surface area contributed by atoms with Gasteiger partial charge in [0.2, 0.25) is 5.95 Å². The van der Waals surface area contributed by atoms with Crippen molar-refractivity contribution < 1.29 is 8.42 Å². The Labute approximate surface area is 122 Å². The zero-order valence-electron chi connectivity index (χ0n) is 11.0. The minimum atomic E-state index is -3.67. The Morgan fingerprint density at radius 3 is 2.20 bits per heavy atom. The molecule has 1 aromatic carbocycles. The first-order valence-corrected chi connectivity index (χ1v) is 8.42. The average molecular weight is 310 g/mol. The Morgan fingerprint density at radius 2 is 1.70 bits per heavy atom.